The summed E-state index contributed by atoms with van der Waals surface area (Å²) in [5.74, 6) is -0.0933. The highest BCUT2D eigenvalue weighted by Gasteiger charge is 2.26. The van der Waals surface area contributed by atoms with Crippen molar-refractivity contribution in [3.8, 4) is 5.75 Å². The lowest BCUT2D eigenvalue weighted by atomic mass is 10.2. The first-order valence-electron chi connectivity index (χ1n) is 5.82. The minimum absolute atomic E-state index is 0.123. The van der Waals surface area contributed by atoms with Crippen LogP contribution in [0.1, 0.15) is 14.7 Å². The van der Waals surface area contributed by atoms with Crippen molar-refractivity contribution in [3.63, 3.8) is 0 Å². The van der Waals surface area contributed by atoms with Crippen molar-refractivity contribution in [3.05, 3.63) is 40.1 Å². The monoisotopic (exact) mass is 278 g/mol. The maximum absolute atomic E-state index is 13.2. The minimum Gasteiger partial charge on any atom is -0.489 e. The third-order valence-corrected chi connectivity index (χ3v) is 3.76. The lowest BCUT2D eigenvalue weighted by Crippen LogP contribution is -2.37. The Morgan fingerprint density at radius 1 is 1.53 bits per heavy atom. The smallest absolute Gasteiger partial charge is 0.270 e. The maximum Gasteiger partial charge on any atom is 0.270 e. The number of amides is 1. The van der Waals surface area contributed by atoms with E-state index in [4.69, 9.17) is 4.74 Å². The molecule has 2 heterocycles. The number of nitrogens with zero attached hydrogens (tertiary/aromatic N) is 2. The molecule has 1 amide bonds. The molecule has 98 valence electrons. The van der Waals surface area contributed by atoms with Crippen LogP contribution in [0.25, 0.3) is 0 Å². The molecule has 0 fully saturated rings. The number of hydrogen-bond acceptors (Lipinski definition) is 4. The van der Waals surface area contributed by atoms with Crippen molar-refractivity contribution in [1.29, 1.82) is 0 Å². The van der Waals surface area contributed by atoms with Gasteiger partial charge in [0.25, 0.3) is 5.91 Å². The zero-order valence-electron chi connectivity index (χ0n) is 10.2. The van der Waals surface area contributed by atoms with E-state index in [2.05, 4.69) is 4.98 Å². The SMILES string of the molecule is Cc1ncc(C(=O)N2CCOc3cc(F)ccc32)s1. The molecule has 3 rings (SSSR count). The number of benzene rings is 1. The highest BCUT2D eigenvalue weighted by Crippen LogP contribution is 2.33. The van der Waals surface area contributed by atoms with E-state index >= 15 is 0 Å². The summed E-state index contributed by atoms with van der Waals surface area (Å²) in [5.41, 5.74) is 0.601. The lowest BCUT2D eigenvalue weighted by Gasteiger charge is -2.29. The summed E-state index contributed by atoms with van der Waals surface area (Å²) in [6, 6.07) is 4.19. The Hall–Kier alpha value is -1.95. The van der Waals surface area contributed by atoms with E-state index in [1.807, 2.05) is 6.92 Å². The second-order valence-electron chi connectivity index (χ2n) is 4.16. The Kier molecular flexibility index (Phi) is 2.94. The van der Waals surface area contributed by atoms with E-state index in [0.717, 1.165) is 5.01 Å². The number of halogens is 1. The van der Waals surface area contributed by atoms with Crippen LogP contribution >= 0.6 is 11.3 Å². The van der Waals surface area contributed by atoms with Crippen molar-refractivity contribution >= 4 is 22.9 Å². The van der Waals surface area contributed by atoms with E-state index in [9.17, 15) is 9.18 Å². The van der Waals surface area contributed by atoms with Crippen molar-refractivity contribution in [1.82, 2.24) is 4.98 Å². The predicted octanol–water partition coefficient (Wildman–Crippen LogP) is 2.63. The number of aryl methyl sites for hydroxylation is 1. The van der Waals surface area contributed by atoms with E-state index in [0.29, 0.717) is 29.5 Å². The molecular formula is C13H11FN2O2S. The highest BCUT2D eigenvalue weighted by atomic mass is 32.1. The van der Waals surface area contributed by atoms with Gasteiger partial charge in [0.2, 0.25) is 0 Å². The molecule has 0 saturated carbocycles. The van der Waals surface area contributed by atoms with Crippen LogP contribution in [0.3, 0.4) is 0 Å². The Balaban J connectivity index is 1.97. The molecule has 0 spiro atoms. The topological polar surface area (TPSA) is 42.4 Å². The average Bonchev–Trinajstić information content (AvgIpc) is 2.83. The fourth-order valence-electron chi connectivity index (χ4n) is 2.00. The van der Waals surface area contributed by atoms with Gasteiger partial charge in [0.15, 0.2) is 0 Å². The van der Waals surface area contributed by atoms with Crippen LogP contribution in [0.2, 0.25) is 0 Å². The largest absolute Gasteiger partial charge is 0.489 e. The molecule has 1 aliphatic rings. The Bertz CT molecular complexity index is 641. The van der Waals surface area contributed by atoms with Gasteiger partial charge in [-0.2, -0.15) is 0 Å². The second kappa shape index (κ2) is 4.62. The lowest BCUT2D eigenvalue weighted by molar-refractivity contribution is 0.0980. The van der Waals surface area contributed by atoms with Crippen LogP contribution in [-0.2, 0) is 0 Å². The van der Waals surface area contributed by atoms with Crippen molar-refractivity contribution < 1.29 is 13.9 Å². The number of rotatable bonds is 1. The Labute approximate surface area is 113 Å². The normalized spacial score (nSPS) is 13.9. The summed E-state index contributed by atoms with van der Waals surface area (Å²) < 4.78 is 18.5. The minimum atomic E-state index is -0.373. The second-order valence-corrected chi connectivity index (χ2v) is 5.40. The molecular weight excluding hydrogens is 267 g/mol. The summed E-state index contributed by atoms with van der Waals surface area (Å²) in [7, 11) is 0. The molecule has 0 N–H and O–H groups in total. The first-order valence-corrected chi connectivity index (χ1v) is 6.63. The van der Waals surface area contributed by atoms with Crippen LogP contribution < -0.4 is 9.64 Å². The number of anilines is 1. The molecule has 0 radical (unpaired) electrons. The van der Waals surface area contributed by atoms with Gasteiger partial charge in [-0.3, -0.25) is 4.79 Å². The van der Waals surface area contributed by atoms with Gasteiger partial charge >= 0.3 is 0 Å². The standard InChI is InChI=1S/C13H11FN2O2S/c1-8-15-7-12(19-8)13(17)16-4-5-18-11-6-9(14)2-3-10(11)16/h2-3,6-7H,4-5H2,1H3. The van der Waals surface area contributed by atoms with Crippen molar-refractivity contribution in [2.45, 2.75) is 6.92 Å². The fraction of sp³-hybridized carbons (Fsp3) is 0.231. The van der Waals surface area contributed by atoms with Crippen molar-refractivity contribution in [2.24, 2.45) is 0 Å². The molecule has 0 bridgehead atoms. The van der Waals surface area contributed by atoms with Gasteiger partial charge in [-0.25, -0.2) is 9.37 Å². The Morgan fingerprint density at radius 2 is 2.37 bits per heavy atom. The predicted molar refractivity (Wildman–Crippen MR) is 70.4 cm³/mol. The number of hydrogen-bond donors (Lipinski definition) is 0. The molecule has 1 aromatic heterocycles. The molecule has 0 aliphatic carbocycles. The molecule has 1 aliphatic heterocycles. The van der Waals surface area contributed by atoms with Gasteiger partial charge in [0.05, 0.1) is 23.4 Å². The molecule has 0 saturated heterocycles. The number of fused-ring (bicyclic) bond motifs is 1. The molecule has 19 heavy (non-hydrogen) atoms. The van der Waals surface area contributed by atoms with Gasteiger partial charge in [-0.1, -0.05) is 0 Å². The molecule has 6 heteroatoms. The van der Waals surface area contributed by atoms with E-state index in [1.54, 1.807) is 17.2 Å². The average molecular weight is 278 g/mol. The maximum atomic E-state index is 13.2. The number of thiazole rings is 1. The summed E-state index contributed by atoms with van der Waals surface area (Å²) in [6.45, 7) is 2.67. The van der Waals surface area contributed by atoms with Crippen LogP contribution in [0.5, 0.6) is 5.75 Å². The highest BCUT2D eigenvalue weighted by molar-refractivity contribution is 7.13. The third-order valence-electron chi connectivity index (χ3n) is 2.86. The molecule has 1 aromatic carbocycles. The number of carbonyl (C=O) groups excluding carboxylic acids is 1. The first kappa shape index (κ1) is 12.1. The molecule has 0 atom stereocenters. The summed E-state index contributed by atoms with van der Waals surface area (Å²) in [6.07, 6.45) is 1.57. The zero-order chi connectivity index (χ0) is 13.4. The summed E-state index contributed by atoms with van der Waals surface area (Å²) >= 11 is 1.35. The van der Waals surface area contributed by atoms with E-state index in [-0.39, 0.29) is 11.7 Å². The zero-order valence-corrected chi connectivity index (χ0v) is 11.0. The van der Waals surface area contributed by atoms with Gasteiger partial charge < -0.3 is 9.64 Å². The number of aromatic nitrogens is 1. The number of ether oxygens (including phenoxy) is 1. The molecule has 2 aromatic rings. The van der Waals surface area contributed by atoms with Crippen LogP contribution in [-0.4, -0.2) is 24.0 Å². The molecule has 4 nitrogen and oxygen atoms in total. The third kappa shape index (κ3) is 2.19. The van der Waals surface area contributed by atoms with Crippen LogP contribution in [0, 0.1) is 12.7 Å². The van der Waals surface area contributed by atoms with E-state index in [1.165, 1.54) is 23.5 Å². The van der Waals surface area contributed by atoms with Gasteiger partial charge in [0, 0.05) is 6.07 Å². The summed E-state index contributed by atoms with van der Waals surface area (Å²) in [4.78, 5) is 18.7. The number of carbonyl (C=O) groups is 1. The van der Waals surface area contributed by atoms with Gasteiger partial charge in [0.1, 0.15) is 23.1 Å². The van der Waals surface area contributed by atoms with Gasteiger partial charge in [-0.15, -0.1) is 11.3 Å². The Morgan fingerprint density at radius 3 is 3.11 bits per heavy atom. The van der Waals surface area contributed by atoms with Gasteiger partial charge in [-0.05, 0) is 19.1 Å². The first-order chi connectivity index (χ1) is 9.15. The van der Waals surface area contributed by atoms with E-state index < -0.39 is 0 Å². The molecule has 0 unspecified atom stereocenters. The summed E-state index contributed by atoms with van der Waals surface area (Å²) in [5, 5.41) is 0.843. The van der Waals surface area contributed by atoms with Crippen LogP contribution in [0.15, 0.2) is 24.4 Å². The quantitative estimate of drug-likeness (QED) is 0.805. The fourth-order valence-corrected chi connectivity index (χ4v) is 2.72. The van der Waals surface area contributed by atoms with Crippen LogP contribution in [0.4, 0.5) is 10.1 Å². The van der Waals surface area contributed by atoms with Crippen molar-refractivity contribution in [2.75, 3.05) is 18.1 Å².